The van der Waals surface area contributed by atoms with Crippen LogP contribution in [0.3, 0.4) is 0 Å². The SMILES string of the molecule is CC(=CCCC(O)C=Cc1ccccc1)C(=O)O. The Morgan fingerprint density at radius 3 is 2.61 bits per heavy atom. The predicted octanol–water partition coefficient (Wildman–Crippen LogP) is 2.87. The number of aliphatic hydroxyl groups excluding tert-OH is 1. The second-order valence-corrected chi connectivity index (χ2v) is 4.11. The van der Waals surface area contributed by atoms with Gasteiger partial charge in [-0.15, -0.1) is 0 Å². The summed E-state index contributed by atoms with van der Waals surface area (Å²) in [6, 6.07) is 9.72. The van der Waals surface area contributed by atoms with Crippen LogP contribution >= 0.6 is 0 Å². The number of hydrogen-bond acceptors (Lipinski definition) is 2. The average molecular weight is 246 g/mol. The van der Waals surface area contributed by atoms with Gasteiger partial charge >= 0.3 is 5.97 Å². The molecule has 18 heavy (non-hydrogen) atoms. The summed E-state index contributed by atoms with van der Waals surface area (Å²) in [6.07, 6.45) is 5.73. The summed E-state index contributed by atoms with van der Waals surface area (Å²) in [7, 11) is 0. The van der Waals surface area contributed by atoms with E-state index in [0.29, 0.717) is 18.4 Å². The number of aliphatic hydroxyl groups is 1. The number of rotatable bonds is 6. The monoisotopic (exact) mass is 246 g/mol. The molecule has 96 valence electrons. The zero-order chi connectivity index (χ0) is 13.4. The molecule has 1 atom stereocenters. The zero-order valence-corrected chi connectivity index (χ0v) is 10.4. The lowest BCUT2D eigenvalue weighted by molar-refractivity contribution is -0.132. The van der Waals surface area contributed by atoms with E-state index in [0.717, 1.165) is 5.56 Å². The van der Waals surface area contributed by atoms with Crippen LogP contribution in [0, 0.1) is 0 Å². The van der Waals surface area contributed by atoms with E-state index < -0.39 is 12.1 Å². The Morgan fingerprint density at radius 1 is 1.33 bits per heavy atom. The van der Waals surface area contributed by atoms with Crippen LogP contribution in [-0.2, 0) is 4.79 Å². The summed E-state index contributed by atoms with van der Waals surface area (Å²) in [6.45, 7) is 1.55. The van der Waals surface area contributed by atoms with Crippen LogP contribution in [-0.4, -0.2) is 22.3 Å². The average Bonchev–Trinajstić information content (AvgIpc) is 2.37. The maximum atomic E-state index is 10.5. The first-order chi connectivity index (χ1) is 8.59. The van der Waals surface area contributed by atoms with Crippen LogP contribution < -0.4 is 0 Å². The number of hydrogen-bond donors (Lipinski definition) is 2. The van der Waals surface area contributed by atoms with Crippen molar-refractivity contribution in [2.75, 3.05) is 0 Å². The Kier molecular flexibility index (Phi) is 5.88. The van der Waals surface area contributed by atoms with Crippen LogP contribution in [0.1, 0.15) is 25.3 Å². The Hall–Kier alpha value is -1.87. The molecule has 3 nitrogen and oxygen atoms in total. The number of allylic oxidation sites excluding steroid dienone is 1. The van der Waals surface area contributed by atoms with Gasteiger partial charge in [-0.2, -0.15) is 0 Å². The first-order valence-electron chi connectivity index (χ1n) is 5.91. The van der Waals surface area contributed by atoms with Crippen LogP contribution in [0.15, 0.2) is 48.1 Å². The van der Waals surface area contributed by atoms with Gasteiger partial charge in [0.15, 0.2) is 0 Å². The van der Waals surface area contributed by atoms with Crippen LogP contribution in [0.25, 0.3) is 6.08 Å². The highest BCUT2D eigenvalue weighted by atomic mass is 16.4. The van der Waals surface area contributed by atoms with Crippen molar-refractivity contribution in [3.05, 3.63) is 53.6 Å². The van der Waals surface area contributed by atoms with Gasteiger partial charge in [-0.1, -0.05) is 48.6 Å². The number of carbonyl (C=O) groups is 1. The zero-order valence-electron chi connectivity index (χ0n) is 10.4. The molecular formula is C15H18O3. The quantitative estimate of drug-likeness (QED) is 0.759. The van der Waals surface area contributed by atoms with Gasteiger partial charge in [0.05, 0.1) is 6.10 Å². The normalized spacial score (nSPS) is 13.8. The lowest BCUT2D eigenvalue weighted by atomic mass is 10.1. The Bertz CT molecular complexity index is 432. The van der Waals surface area contributed by atoms with Gasteiger partial charge < -0.3 is 10.2 Å². The van der Waals surface area contributed by atoms with Crippen molar-refractivity contribution in [3.63, 3.8) is 0 Å². The summed E-state index contributed by atoms with van der Waals surface area (Å²) < 4.78 is 0. The standard InChI is InChI=1S/C15H18O3/c1-12(15(17)18)6-5-9-14(16)11-10-13-7-3-2-4-8-13/h2-4,6-8,10-11,14,16H,5,9H2,1H3,(H,17,18). The summed E-state index contributed by atoms with van der Waals surface area (Å²) in [5, 5.41) is 18.4. The Balaban J connectivity index is 2.38. The van der Waals surface area contributed by atoms with E-state index in [1.54, 1.807) is 19.1 Å². The highest BCUT2D eigenvalue weighted by molar-refractivity contribution is 5.85. The first-order valence-corrected chi connectivity index (χ1v) is 5.91. The number of carboxylic acid groups (broad SMARTS) is 1. The lowest BCUT2D eigenvalue weighted by Gasteiger charge is -2.03. The van der Waals surface area contributed by atoms with Crippen molar-refractivity contribution >= 4 is 12.0 Å². The van der Waals surface area contributed by atoms with Gasteiger partial charge in [-0.25, -0.2) is 4.79 Å². The third-order valence-corrected chi connectivity index (χ3v) is 2.56. The molecular weight excluding hydrogens is 228 g/mol. The molecule has 1 rings (SSSR count). The van der Waals surface area contributed by atoms with E-state index >= 15 is 0 Å². The molecule has 0 aliphatic heterocycles. The number of carboxylic acids is 1. The molecule has 0 heterocycles. The summed E-state index contributed by atoms with van der Waals surface area (Å²) in [5.74, 6) is -0.913. The number of benzene rings is 1. The second kappa shape index (κ2) is 7.45. The van der Waals surface area contributed by atoms with Crippen molar-refractivity contribution < 1.29 is 15.0 Å². The molecule has 0 spiro atoms. The van der Waals surface area contributed by atoms with E-state index in [1.807, 2.05) is 36.4 Å². The van der Waals surface area contributed by atoms with E-state index in [4.69, 9.17) is 5.11 Å². The molecule has 0 aliphatic carbocycles. The fraction of sp³-hybridized carbons (Fsp3) is 0.267. The molecule has 0 fully saturated rings. The van der Waals surface area contributed by atoms with Crippen LogP contribution in [0.5, 0.6) is 0 Å². The molecule has 2 N–H and O–H groups in total. The highest BCUT2D eigenvalue weighted by Crippen LogP contribution is 2.07. The summed E-state index contributed by atoms with van der Waals surface area (Å²) in [5.41, 5.74) is 1.35. The molecule has 1 unspecified atom stereocenters. The second-order valence-electron chi connectivity index (χ2n) is 4.11. The first kappa shape index (κ1) is 14.2. The third kappa shape index (κ3) is 5.46. The third-order valence-electron chi connectivity index (χ3n) is 2.56. The molecule has 3 heteroatoms. The van der Waals surface area contributed by atoms with Crippen LogP contribution in [0.4, 0.5) is 0 Å². The molecule has 0 aliphatic rings. The minimum atomic E-state index is -0.913. The van der Waals surface area contributed by atoms with Crippen molar-refractivity contribution in [1.82, 2.24) is 0 Å². The van der Waals surface area contributed by atoms with Crippen molar-refractivity contribution in [2.24, 2.45) is 0 Å². The van der Waals surface area contributed by atoms with E-state index in [2.05, 4.69) is 0 Å². The van der Waals surface area contributed by atoms with Gasteiger partial charge in [0, 0.05) is 5.57 Å². The van der Waals surface area contributed by atoms with Crippen molar-refractivity contribution in [3.8, 4) is 0 Å². The molecule has 0 amide bonds. The minimum Gasteiger partial charge on any atom is -0.478 e. The van der Waals surface area contributed by atoms with Gasteiger partial charge in [0.25, 0.3) is 0 Å². The minimum absolute atomic E-state index is 0.314. The molecule has 0 radical (unpaired) electrons. The molecule has 1 aromatic carbocycles. The lowest BCUT2D eigenvalue weighted by Crippen LogP contribution is -2.01. The predicted molar refractivity (Wildman–Crippen MR) is 72.1 cm³/mol. The highest BCUT2D eigenvalue weighted by Gasteiger charge is 2.01. The van der Waals surface area contributed by atoms with Crippen molar-refractivity contribution in [2.45, 2.75) is 25.9 Å². The van der Waals surface area contributed by atoms with Gasteiger partial charge in [-0.05, 0) is 25.3 Å². The molecule has 0 aromatic heterocycles. The van der Waals surface area contributed by atoms with Gasteiger partial charge in [0.1, 0.15) is 0 Å². The van der Waals surface area contributed by atoms with Gasteiger partial charge in [0.2, 0.25) is 0 Å². The largest absolute Gasteiger partial charge is 0.478 e. The molecule has 1 aromatic rings. The van der Waals surface area contributed by atoms with Crippen LogP contribution in [0.2, 0.25) is 0 Å². The summed E-state index contributed by atoms with van der Waals surface area (Å²) in [4.78, 5) is 10.5. The summed E-state index contributed by atoms with van der Waals surface area (Å²) >= 11 is 0. The Labute approximate surface area is 107 Å². The number of aliphatic carboxylic acids is 1. The maximum Gasteiger partial charge on any atom is 0.330 e. The molecule has 0 saturated heterocycles. The van der Waals surface area contributed by atoms with Gasteiger partial charge in [-0.3, -0.25) is 0 Å². The van der Waals surface area contributed by atoms with Crippen molar-refractivity contribution in [1.29, 1.82) is 0 Å². The fourth-order valence-corrected chi connectivity index (χ4v) is 1.44. The maximum absolute atomic E-state index is 10.5. The van der Waals surface area contributed by atoms with E-state index in [-0.39, 0.29) is 0 Å². The smallest absolute Gasteiger partial charge is 0.330 e. The molecule has 0 bridgehead atoms. The Morgan fingerprint density at radius 2 is 2.00 bits per heavy atom. The topological polar surface area (TPSA) is 57.5 Å². The molecule has 0 saturated carbocycles. The fourth-order valence-electron chi connectivity index (χ4n) is 1.44. The van der Waals surface area contributed by atoms with E-state index in [1.165, 1.54) is 0 Å². The van der Waals surface area contributed by atoms with E-state index in [9.17, 15) is 9.90 Å².